The Morgan fingerprint density at radius 2 is 1.94 bits per heavy atom. The summed E-state index contributed by atoms with van der Waals surface area (Å²) in [6.07, 6.45) is 3.79. The van der Waals surface area contributed by atoms with E-state index in [-0.39, 0.29) is 11.7 Å². The number of amides is 1. The lowest BCUT2D eigenvalue weighted by Gasteiger charge is -2.17. The number of aromatic nitrogens is 4. The summed E-state index contributed by atoms with van der Waals surface area (Å²) < 4.78 is 12.1. The van der Waals surface area contributed by atoms with E-state index < -0.39 is 0 Å². The molecule has 2 N–H and O–H groups in total. The predicted molar refractivity (Wildman–Crippen MR) is 122 cm³/mol. The van der Waals surface area contributed by atoms with Gasteiger partial charge in [0.05, 0.1) is 16.0 Å². The molecule has 5 rings (SSSR count). The van der Waals surface area contributed by atoms with Crippen molar-refractivity contribution in [1.82, 2.24) is 20.2 Å². The molecule has 3 heterocycles. The third kappa shape index (κ3) is 4.70. The lowest BCUT2D eigenvalue weighted by Crippen LogP contribution is -2.15. The van der Waals surface area contributed by atoms with Gasteiger partial charge in [-0.15, -0.1) is 5.10 Å². The highest BCUT2D eigenvalue weighted by Gasteiger charge is 2.16. The lowest BCUT2D eigenvalue weighted by molar-refractivity contribution is -0.113. The highest BCUT2D eigenvalue weighted by atomic mass is 32.2. The molecule has 0 aliphatic carbocycles. The smallest absolute Gasteiger partial charge is 0.236 e. The van der Waals surface area contributed by atoms with Crippen LogP contribution in [-0.2, 0) is 4.79 Å². The molecule has 1 amide bonds. The summed E-state index contributed by atoms with van der Waals surface area (Å²) in [7, 11) is 0. The topological polar surface area (TPSA) is 102 Å². The molecule has 0 atom stereocenters. The molecule has 0 saturated heterocycles. The standard InChI is InChI=1S/C21H17N5O3S2/c27-19(12-30-21-23-18(25-26-21)7-6-13-4-2-1-3-5-13)24-20-22-14-10-15-16(11-17(14)31-20)29-9-8-28-15/h1-7,10-11H,8-9,12H2,(H,22,24,27)(H,23,25,26)/b7-6+. The first-order valence-electron chi connectivity index (χ1n) is 9.51. The van der Waals surface area contributed by atoms with Gasteiger partial charge in [-0.2, -0.15) is 0 Å². The molecular formula is C21H17N5O3S2. The summed E-state index contributed by atoms with van der Waals surface area (Å²) >= 11 is 2.65. The average molecular weight is 452 g/mol. The number of thioether (sulfide) groups is 1. The Balaban J connectivity index is 1.18. The summed E-state index contributed by atoms with van der Waals surface area (Å²) in [6, 6.07) is 13.7. The van der Waals surface area contributed by atoms with Gasteiger partial charge >= 0.3 is 0 Å². The summed E-state index contributed by atoms with van der Waals surface area (Å²) in [5, 5.41) is 10.9. The quantitative estimate of drug-likeness (QED) is 0.426. The number of hydrogen-bond donors (Lipinski definition) is 2. The van der Waals surface area contributed by atoms with Crippen LogP contribution >= 0.6 is 23.1 Å². The highest BCUT2D eigenvalue weighted by molar-refractivity contribution is 7.99. The number of hydrogen-bond acceptors (Lipinski definition) is 8. The molecule has 8 nitrogen and oxygen atoms in total. The molecule has 0 fully saturated rings. The Morgan fingerprint density at radius 3 is 2.77 bits per heavy atom. The van der Waals surface area contributed by atoms with Crippen LogP contribution in [0.4, 0.5) is 5.13 Å². The molecule has 1 aliphatic rings. The number of thiazole rings is 1. The van der Waals surface area contributed by atoms with E-state index in [9.17, 15) is 4.79 Å². The van der Waals surface area contributed by atoms with Crippen molar-refractivity contribution < 1.29 is 14.3 Å². The van der Waals surface area contributed by atoms with E-state index in [0.717, 1.165) is 15.8 Å². The van der Waals surface area contributed by atoms with Crippen molar-refractivity contribution >= 4 is 56.5 Å². The minimum Gasteiger partial charge on any atom is -0.486 e. The molecule has 1 aliphatic heterocycles. The Hall–Kier alpha value is -3.37. The number of H-pyrrole nitrogens is 1. The first-order chi connectivity index (χ1) is 15.2. The van der Waals surface area contributed by atoms with E-state index in [2.05, 4.69) is 25.5 Å². The second-order valence-corrected chi connectivity index (χ2v) is 8.54. The molecule has 0 radical (unpaired) electrons. The maximum absolute atomic E-state index is 12.3. The fraction of sp³-hybridized carbons (Fsp3) is 0.143. The van der Waals surface area contributed by atoms with Crippen LogP contribution in [0.3, 0.4) is 0 Å². The van der Waals surface area contributed by atoms with Gasteiger partial charge < -0.3 is 14.8 Å². The van der Waals surface area contributed by atoms with Gasteiger partial charge in [-0.1, -0.05) is 59.5 Å². The van der Waals surface area contributed by atoms with Crippen LogP contribution in [0.25, 0.3) is 22.4 Å². The summed E-state index contributed by atoms with van der Waals surface area (Å²) in [4.78, 5) is 21.2. The first-order valence-corrected chi connectivity index (χ1v) is 11.3. The summed E-state index contributed by atoms with van der Waals surface area (Å²) in [6.45, 7) is 1.05. The van der Waals surface area contributed by atoms with E-state index in [0.29, 0.717) is 40.8 Å². The molecule has 4 aromatic rings. The van der Waals surface area contributed by atoms with Crippen molar-refractivity contribution in [3.05, 3.63) is 53.9 Å². The zero-order valence-electron chi connectivity index (χ0n) is 16.2. The Kier molecular flexibility index (Phi) is 5.55. The Bertz CT molecular complexity index is 1210. The maximum atomic E-state index is 12.3. The van der Waals surface area contributed by atoms with Gasteiger partial charge in [-0.25, -0.2) is 9.97 Å². The molecular weight excluding hydrogens is 434 g/mol. The highest BCUT2D eigenvalue weighted by Crippen LogP contribution is 2.37. The number of benzene rings is 2. The van der Waals surface area contributed by atoms with E-state index in [4.69, 9.17) is 9.47 Å². The van der Waals surface area contributed by atoms with Crippen LogP contribution < -0.4 is 14.8 Å². The maximum Gasteiger partial charge on any atom is 0.236 e. The lowest BCUT2D eigenvalue weighted by atomic mass is 10.2. The van der Waals surface area contributed by atoms with Crippen molar-refractivity contribution in [1.29, 1.82) is 0 Å². The number of nitrogens with one attached hydrogen (secondary N) is 2. The molecule has 31 heavy (non-hydrogen) atoms. The molecule has 0 spiro atoms. The normalized spacial score (nSPS) is 13.0. The number of carbonyl (C=O) groups is 1. The molecule has 10 heteroatoms. The number of nitrogens with zero attached hydrogens (tertiary/aromatic N) is 3. The van der Waals surface area contributed by atoms with Crippen LogP contribution in [0.2, 0.25) is 0 Å². The van der Waals surface area contributed by atoms with E-state index >= 15 is 0 Å². The van der Waals surface area contributed by atoms with Crippen molar-refractivity contribution in [2.75, 3.05) is 24.3 Å². The Labute approximate surface area is 185 Å². The number of anilines is 1. The molecule has 2 aromatic carbocycles. The zero-order valence-corrected chi connectivity index (χ0v) is 17.8. The van der Waals surface area contributed by atoms with Crippen LogP contribution in [0.15, 0.2) is 47.6 Å². The van der Waals surface area contributed by atoms with Gasteiger partial charge in [0.25, 0.3) is 0 Å². The number of ether oxygens (including phenoxy) is 2. The van der Waals surface area contributed by atoms with Crippen LogP contribution in [-0.4, -0.2) is 45.0 Å². The number of fused-ring (bicyclic) bond motifs is 2. The number of carbonyl (C=O) groups excluding carboxylic acids is 1. The largest absolute Gasteiger partial charge is 0.486 e. The molecule has 156 valence electrons. The van der Waals surface area contributed by atoms with Gasteiger partial charge in [0.1, 0.15) is 19.0 Å². The predicted octanol–water partition coefficient (Wildman–Crippen LogP) is 4.09. The monoisotopic (exact) mass is 451 g/mol. The van der Waals surface area contributed by atoms with Crippen LogP contribution in [0.5, 0.6) is 11.5 Å². The summed E-state index contributed by atoms with van der Waals surface area (Å²) in [5.74, 6) is 2.02. The molecule has 0 unspecified atom stereocenters. The van der Waals surface area contributed by atoms with Crippen LogP contribution in [0.1, 0.15) is 11.4 Å². The van der Waals surface area contributed by atoms with Gasteiger partial charge in [0.2, 0.25) is 11.1 Å². The van der Waals surface area contributed by atoms with Gasteiger partial charge in [0.15, 0.2) is 16.6 Å². The molecule has 0 bridgehead atoms. The van der Waals surface area contributed by atoms with Gasteiger partial charge in [-0.05, 0) is 11.6 Å². The third-order valence-corrected chi connectivity index (χ3v) is 6.13. The Morgan fingerprint density at radius 1 is 1.13 bits per heavy atom. The second-order valence-electron chi connectivity index (χ2n) is 6.57. The van der Waals surface area contributed by atoms with Gasteiger partial charge in [-0.3, -0.25) is 9.89 Å². The molecule has 2 aromatic heterocycles. The van der Waals surface area contributed by atoms with E-state index in [1.807, 2.05) is 54.6 Å². The average Bonchev–Trinajstić information content (AvgIpc) is 3.41. The number of rotatable bonds is 6. The minimum atomic E-state index is -0.174. The fourth-order valence-electron chi connectivity index (χ4n) is 2.94. The SMILES string of the molecule is O=C(CSc1n[nH]c(/C=C/c2ccccc2)n1)Nc1nc2cc3c(cc2s1)OCCO3. The summed E-state index contributed by atoms with van der Waals surface area (Å²) in [5.41, 5.74) is 1.84. The van der Waals surface area contributed by atoms with Crippen molar-refractivity contribution in [3.8, 4) is 11.5 Å². The zero-order chi connectivity index (χ0) is 21.0. The third-order valence-electron chi connectivity index (χ3n) is 4.35. The minimum absolute atomic E-state index is 0.174. The van der Waals surface area contributed by atoms with Crippen LogP contribution in [0, 0.1) is 0 Å². The molecule has 0 saturated carbocycles. The second kappa shape index (κ2) is 8.78. The fourth-order valence-corrected chi connectivity index (χ4v) is 4.44. The van der Waals surface area contributed by atoms with E-state index in [1.165, 1.54) is 23.1 Å². The van der Waals surface area contributed by atoms with Crippen molar-refractivity contribution in [2.24, 2.45) is 0 Å². The van der Waals surface area contributed by atoms with E-state index in [1.54, 1.807) is 0 Å². The van der Waals surface area contributed by atoms with Crippen molar-refractivity contribution in [2.45, 2.75) is 5.16 Å². The first kappa shape index (κ1) is 19.6. The van der Waals surface area contributed by atoms with Crippen molar-refractivity contribution in [3.63, 3.8) is 0 Å². The van der Waals surface area contributed by atoms with Gasteiger partial charge in [0, 0.05) is 12.1 Å². The number of aromatic amines is 1.